The first-order valence-corrected chi connectivity index (χ1v) is 12.0. The van der Waals surface area contributed by atoms with E-state index in [1.807, 2.05) is 11.8 Å². The fraction of sp³-hybridized carbons (Fsp3) is 0.400. The van der Waals surface area contributed by atoms with Crippen LogP contribution >= 0.6 is 11.6 Å². The van der Waals surface area contributed by atoms with Crippen molar-refractivity contribution in [2.24, 2.45) is 0 Å². The number of halogens is 2. The first kappa shape index (κ1) is 23.6. The molecule has 2 fully saturated rings. The average Bonchev–Trinajstić information content (AvgIpc) is 3.11. The number of aliphatic hydroxyl groups is 1. The molecular weight excluding hydrogens is 475 g/mol. The zero-order chi connectivity index (χ0) is 24.9. The third kappa shape index (κ3) is 4.02. The van der Waals surface area contributed by atoms with Gasteiger partial charge in [-0.3, -0.25) is 9.59 Å². The molecule has 4 heterocycles. The Bertz CT molecular complexity index is 1210. The van der Waals surface area contributed by atoms with E-state index < -0.39 is 18.0 Å². The molecule has 2 saturated heterocycles. The number of aromatic nitrogens is 1. The van der Waals surface area contributed by atoms with E-state index in [1.54, 1.807) is 28.0 Å². The minimum atomic E-state index is -0.585. The second-order valence-corrected chi connectivity index (χ2v) is 9.50. The molecule has 0 bridgehead atoms. The Kier molecular flexibility index (Phi) is 6.14. The summed E-state index contributed by atoms with van der Waals surface area (Å²) >= 11 is 6.74. The standard InChI is InChI=1S/C25H26ClFN4O4/c1-3-19(33)29-8-9-30-15(11-29)13-35-23-20(25(30)34)24(31-12-16(32)10-14(31)2)28-22(21(23)26)17-6-4-5-7-18(17)27/h3-7,14-16,32H,1,8-13H2,2H3/t14-,15+,16?/m0/s1. The fourth-order valence-electron chi connectivity index (χ4n) is 5.11. The van der Waals surface area contributed by atoms with E-state index in [0.717, 1.165) is 0 Å². The van der Waals surface area contributed by atoms with Gasteiger partial charge in [0.15, 0.2) is 5.75 Å². The molecular formula is C25H26ClFN4O4. The number of hydrogen-bond acceptors (Lipinski definition) is 6. The lowest BCUT2D eigenvalue weighted by molar-refractivity contribution is -0.128. The molecule has 1 unspecified atom stereocenters. The number of aliphatic hydroxyl groups excluding tert-OH is 1. The van der Waals surface area contributed by atoms with Crippen LogP contribution in [-0.2, 0) is 4.79 Å². The number of amides is 2. The Morgan fingerprint density at radius 1 is 1.29 bits per heavy atom. The van der Waals surface area contributed by atoms with Crippen molar-refractivity contribution < 1.29 is 23.8 Å². The largest absolute Gasteiger partial charge is 0.489 e. The lowest BCUT2D eigenvalue weighted by Crippen LogP contribution is -2.57. The second-order valence-electron chi connectivity index (χ2n) is 9.12. The Morgan fingerprint density at radius 3 is 2.74 bits per heavy atom. The van der Waals surface area contributed by atoms with Gasteiger partial charge in [-0.2, -0.15) is 0 Å². The number of ether oxygens (including phenoxy) is 1. The van der Waals surface area contributed by atoms with Crippen LogP contribution in [0.2, 0.25) is 5.02 Å². The first-order valence-electron chi connectivity index (χ1n) is 11.6. The van der Waals surface area contributed by atoms with E-state index >= 15 is 0 Å². The number of carbonyl (C=O) groups excluding carboxylic acids is 2. The summed E-state index contributed by atoms with van der Waals surface area (Å²) in [5.74, 6) is -0.572. The lowest BCUT2D eigenvalue weighted by Gasteiger charge is -2.39. The van der Waals surface area contributed by atoms with Crippen molar-refractivity contribution in [3.63, 3.8) is 0 Å². The van der Waals surface area contributed by atoms with E-state index in [-0.39, 0.29) is 58.6 Å². The predicted molar refractivity (Wildman–Crippen MR) is 129 cm³/mol. The first-order chi connectivity index (χ1) is 16.8. The van der Waals surface area contributed by atoms with Crippen molar-refractivity contribution in [2.45, 2.75) is 31.5 Å². The van der Waals surface area contributed by atoms with Gasteiger partial charge in [-0.15, -0.1) is 0 Å². The summed E-state index contributed by atoms with van der Waals surface area (Å²) in [5, 5.41) is 10.4. The molecule has 184 valence electrons. The number of fused-ring (bicyclic) bond motifs is 2. The minimum Gasteiger partial charge on any atom is -0.489 e. The molecule has 0 saturated carbocycles. The van der Waals surface area contributed by atoms with E-state index in [2.05, 4.69) is 6.58 Å². The number of pyridine rings is 1. The van der Waals surface area contributed by atoms with E-state index in [9.17, 15) is 19.1 Å². The summed E-state index contributed by atoms with van der Waals surface area (Å²) in [5.41, 5.74) is 0.556. The Balaban J connectivity index is 1.65. The van der Waals surface area contributed by atoms with Gasteiger partial charge in [0.25, 0.3) is 5.91 Å². The molecule has 5 rings (SSSR count). The quantitative estimate of drug-likeness (QED) is 0.652. The van der Waals surface area contributed by atoms with Gasteiger partial charge in [0.1, 0.15) is 28.8 Å². The maximum atomic E-state index is 14.8. The predicted octanol–water partition coefficient (Wildman–Crippen LogP) is 2.73. The van der Waals surface area contributed by atoms with Crippen molar-refractivity contribution >= 4 is 29.2 Å². The lowest BCUT2D eigenvalue weighted by atomic mass is 10.1. The van der Waals surface area contributed by atoms with Crippen molar-refractivity contribution in [3.8, 4) is 17.0 Å². The highest BCUT2D eigenvalue weighted by Crippen LogP contribution is 2.45. The molecule has 2 aromatic rings. The summed E-state index contributed by atoms with van der Waals surface area (Å²) in [6.07, 6.45) is 1.18. The highest BCUT2D eigenvalue weighted by Gasteiger charge is 2.42. The van der Waals surface area contributed by atoms with Crippen molar-refractivity contribution in [1.29, 1.82) is 0 Å². The topological polar surface area (TPSA) is 86.2 Å². The molecule has 0 radical (unpaired) electrons. The van der Waals surface area contributed by atoms with Crippen LogP contribution in [0.25, 0.3) is 11.3 Å². The maximum Gasteiger partial charge on any atom is 0.261 e. The van der Waals surface area contributed by atoms with Crippen LogP contribution < -0.4 is 9.64 Å². The normalized spacial score (nSPS) is 23.9. The number of anilines is 1. The summed E-state index contributed by atoms with van der Waals surface area (Å²) < 4.78 is 20.9. The van der Waals surface area contributed by atoms with Crippen LogP contribution in [0.15, 0.2) is 36.9 Å². The number of carbonyl (C=O) groups is 2. The summed E-state index contributed by atoms with van der Waals surface area (Å²) in [7, 11) is 0. The van der Waals surface area contributed by atoms with Gasteiger partial charge in [0, 0.05) is 37.8 Å². The van der Waals surface area contributed by atoms with Crippen LogP contribution in [0.4, 0.5) is 10.2 Å². The number of rotatable bonds is 3. The zero-order valence-corrected chi connectivity index (χ0v) is 20.0. The molecule has 3 aliphatic heterocycles. The third-order valence-corrected chi connectivity index (χ3v) is 7.24. The number of piperazine rings is 1. The molecule has 1 aromatic carbocycles. The average molecular weight is 501 g/mol. The van der Waals surface area contributed by atoms with Crippen LogP contribution in [0.5, 0.6) is 5.75 Å². The van der Waals surface area contributed by atoms with Crippen molar-refractivity contribution in [2.75, 3.05) is 37.7 Å². The van der Waals surface area contributed by atoms with Crippen LogP contribution in [0.3, 0.4) is 0 Å². The summed E-state index contributed by atoms with van der Waals surface area (Å²) in [6.45, 7) is 6.84. The Hall–Kier alpha value is -3.17. The molecule has 10 heteroatoms. The highest BCUT2D eigenvalue weighted by atomic mass is 35.5. The van der Waals surface area contributed by atoms with E-state index in [0.29, 0.717) is 31.9 Å². The smallest absolute Gasteiger partial charge is 0.261 e. The SMILES string of the molecule is C=CC(=O)N1CCN2C(=O)c3c(N4CC(O)C[C@@H]4C)nc(-c4ccccc4F)c(Cl)c3OC[C@H]2C1. The molecule has 3 aliphatic rings. The van der Waals surface area contributed by atoms with Gasteiger partial charge in [-0.1, -0.05) is 30.3 Å². The highest BCUT2D eigenvalue weighted by molar-refractivity contribution is 6.35. The van der Waals surface area contributed by atoms with Gasteiger partial charge in [-0.05, 0) is 31.6 Å². The van der Waals surface area contributed by atoms with E-state index in [4.69, 9.17) is 21.3 Å². The second kappa shape index (κ2) is 9.13. The van der Waals surface area contributed by atoms with Gasteiger partial charge >= 0.3 is 0 Å². The maximum absolute atomic E-state index is 14.8. The monoisotopic (exact) mass is 500 g/mol. The van der Waals surface area contributed by atoms with Gasteiger partial charge in [-0.25, -0.2) is 9.37 Å². The van der Waals surface area contributed by atoms with Crippen molar-refractivity contribution in [1.82, 2.24) is 14.8 Å². The van der Waals surface area contributed by atoms with Crippen molar-refractivity contribution in [3.05, 3.63) is 53.3 Å². The van der Waals surface area contributed by atoms with Gasteiger partial charge in [0.2, 0.25) is 5.91 Å². The third-order valence-electron chi connectivity index (χ3n) is 6.89. The number of β-amino-alcohol motifs (C(OH)–C–C–N with tert-alkyl or cyclic N) is 1. The molecule has 0 spiro atoms. The van der Waals surface area contributed by atoms with Crippen LogP contribution in [-0.4, -0.2) is 82.7 Å². The molecule has 8 nitrogen and oxygen atoms in total. The molecule has 35 heavy (non-hydrogen) atoms. The van der Waals surface area contributed by atoms with Gasteiger partial charge in [0.05, 0.1) is 17.8 Å². The molecule has 1 N–H and O–H groups in total. The number of nitrogens with zero attached hydrogens (tertiary/aromatic N) is 4. The Labute approximate surface area is 207 Å². The fourth-order valence-corrected chi connectivity index (χ4v) is 5.41. The minimum absolute atomic E-state index is 0.0495. The molecule has 2 amide bonds. The zero-order valence-electron chi connectivity index (χ0n) is 19.3. The number of benzene rings is 1. The number of hydrogen-bond donors (Lipinski definition) is 1. The Morgan fingerprint density at radius 2 is 2.06 bits per heavy atom. The summed E-state index contributed by atoms with van der Waals surface area (Å²) in [4.78, 5) is 36.0. The summed E-state index contributed by atoms with van der Waals surface area (Å²) in [6, 6.07) is 5.65. The van der Waals surface area contributed by atoms with Gasteiger partial charge < -0.3 is 24.5 Å². The van der Waals surface area contributed by atoms with Crippen LogP contribution in [0, 0.1) is 5.82 Å². The van der Waals surface area contributed by atoms with Crippen LogP contribution in [0.1, 0.15) is 23.7 Å². The van der Waals surface area contributed by atoms with E-state index in [1.165, 1.54) is 12.1 Å². The molecule has 1 aromatic heterocycles. The molecule has 0 aliphatic carbocycles. The molecule has 3 atom stereocenters.